The van der Waals surface area contributed by atoms with Crippen LogP contribution in [0.1, 0.15) is 83.1 Å². The second-order valence-corrected chi connectivity index (χ2v) is 26.4. The average Bonchev–Trinajstić information content (AvgIpc) is 1.76. The zero-order valence-electron chi connectivity index (χ0n) is 54.0. The molecular formula is C78H83B3BrN2O6. The van der Waals surface area contributed by atoms with Gasteiger partial charge in [-0.15, -0.1) is 0 Å². The molecule has 457 valence electrons. The van der Waals surface area contributed by atoms with Crippen LogP contribution >= 0.6 is 15.9 Å². The molecule has 0 aliphatic carbocycles. The van der Waals surface area contributed by atoms with E-state index in [1.807, 2.05) is 77.9 Å². The Kier molecular flexibility index (Phi) is 22.3. The van der Waals surface area contributed by atoms with E-state index in [0.29, 0.717) is 0 Å². The molecule has 8 nitrogen and oxygen atoms in total. The van der Waals surface area contributed by atoms with Gasteiger partial charge in [0.1, 0.15) is 7.74 Å². The molecule has 0 amide bonds. The molecule has 1 heterocycles. The van der Waals surface area contributed by atoms with Gasteiger partial charge in [-0.2, -0.15) is 0 Å². The highest BCUT2D eigenvalue weighted by Gasteiger charge is 2.48. The fraction of sp³-hybridized carbons (Fsp3) is 0.231. The van der Waals surface area contributed by atoms with Gasteiger partial charge in [0.05, 0.1) is 33.6 Å². The van der Waals surface area contributed by atoms with Gasteiger partial charge in [-0.25, -0.2) is 0 Å². The van der Waals surface area contributed by atoms with Crippen molar-refractivity contribution < 1.29 is 29.3 Å². The summed E-state index contributed by atoms with van der Waals surface area (Å²) in [5.74, 6) is 0. The van der Waals surface area contributed by atoms with Crippen LogP contribution in [0.15, 0.2) is 271 Å². The molecule has 0 aromatic heterocycles. The van der Waals surface area contributed by atoms with Crippen LogP contribution in [-0.2, 0) is 14.0 Å². The van der Waals surface area contributed by atoms with E-state index in [2.05, 4.69) is 256 Å². The van der Waals surface area contributed by atoms with Crippen LogP contribution in [0, 0.1) is 0 Å². The summed E-state index contributed by atoms with van der Waals surface area (Å²) < 4.78 is 17.7. The monoisotopic (exact) mass is 1260 g/mol. The molecule has 11 rings (SSSR count). The number of hydrogen-bond donors (Lipinski definition) is 3. The first-order valence-electron chi connectivity index (χ1n) is 30.5. The maximum absolute atomic E-state index is 10.4. The third-order valence-electron chi connectivity index (χ3n) is 16.9. The van der Waals surface area contributed by atoms with Gasteiger partial charge >= 0.3 is 14.5 Å². The van der Waals surface area contributed by atoms with Crippen LogP contribution in [0.25, 0.3) is 44.5 Å². The summed E-state index contributed by atoms with van der Waals surface area (Å²) >= 11 is 3.56. The Hall–Kier alpha value is -7.77. The van der Waals surface area contributed by atoms with Gasteiger partial charge in [-0.05, 0) is 213 Å². The standard InChI is InChI=1S/C36H35BNO2.C30H22BrN.C6H12B2O2.C6H14O2/c1-35(2,39)36(3,4)40-37-31-19-25-34(26-20-31)38(32-21-15-29(16-22-32)27-11-7-5-8-12-27)33-23-17-30(18-24-33)28-13-9-6-10-14-28;31-27-15-21-30(22-16-27)32(28-17-11-25(12-18-28)23-7-3-1-4-8-23)29-19-13-26(14-20-29)24-9-5-2-6-10-24;1-5(2)6(3,4)10-8(7)9-5;1-5(2,7)6(3,4)8/h5-26,39H,1-4H3;1-22H;1-4H3;7-8H,1-4H3. The summed E-state index contributed by atoms with van der Waals surface area (Å²) in [5.41, 5.74) is 12.8. The van der Waals surface area contributed by atoms with E-state index in [0.717, 1.165) is 44.1 Å². The molecule has 0 unspecified atom stereocenters. The molecule has 10 aromatic rings. The van der Waals surface area contributed by atoms with E-state index in [1.54, 1.807) is 49.0 Å². The summed E-state index contributed by atoms with van der Waals surface area (Å²) in [6.45, 7) is 21.5. The Balaban J connectivity index is 0.000000184. The van der Waals surface area contributed by atoms with Crippen molar-refractivity contribution in [3.8, 4) is 44.5 Å². The number of nitrogens with zero attached hydrogens (tertiary/aromatic N) is 2. The number of rotatable bonds is 15. The first kappa shape index (κ1) is 68.2. The third-order valence-corrected chi connectivity index (χ3v) is 17.4. The molecule has 0 spiro atoms. The molecule has 0 saturated carbocycles. The topological polar surface area (TPSA) is 94.9 Å². The van der Waals surface area contributed by atoms with E-state index < -0.39 is 29.4 Å². The largest absolute Gasteiger partial charge is 0.427 e. The summed E-state index contributed by atoms with van der Waals surface area (Å²) in [7, 11) is 6.59. The van der Waals surface area contributed by atoms with Crippen molar-refractivity contribution in [3.05, 3.63) is 271 Å². The number of hydrogen-bond acceptors (Lipinski definition) is 8. The summed E-state index contributed by atoms with van der Waals surface area (Å²) in [6.07, 6.45) is 0. The maximum atomic E-state index is 10.4. The van der Waals surface area contributed by atoms with Crippen LogP contribution in [0.3, 0.4) is 0 Å². The molecule has 0 atom stereocenters. The van der Waals surface area contributed by atoms with Gasteiger partial charge in [0.25, 0.3) is 0 Å². The number of benzene rings is 10. The van der Waals surface area contributed by atoms with Crippen molar-refractivity contribution in [2.75, 3.05) is 9.80 Å². The van der Waals surface area contributed by atoms with Crippen molar-refractivity contribution in [1.29, 1.82) is 0 Å². The van der Waals surface area contributed by atoms with Crippen molar-refractivity contribution in [2.45, 2.75) is 117 Å². The zero-order chi connectivity index (χ0) is 64.9. The van der Waals surface area contributed by atoms with Gasteiger partial charge in [0, 0.05) is 38.6 Å². The van der Waals surface area contributed by atoms with Crippen molar-refractivity contribution in [3.63, 3.8) is 0 Å². The van der Waals surface area contributed by atoms with Crippen LogP contribution in [-0.4, -0.2) is 71.2 Å². The third kappa shape index (κ3) is 18.0. The number of anilines is 6. The van der Waals surface area contributed by atoms with Crippen molar-refractivity contribution in [1.82, 2.24) is 0 Å². The van der Waals surface area contributed by atoms with E-state index >= 15 is 0 Å². The minimum Gasteiger partial charge on any atom is -0.427 e. The molecular weight excluding hydrogens is 1170 g/mol. The smallest absolute Gasteiger partial charge is 0.388 e. The highest BCUT2D eigenvalue weighted by Crippen LogP contribution is 2.40. The Bertz CT molecular complexity index is 3590. The molecule has 1 aliphatic heterocycles. The Morgan fingerprint density at radius 1 is 0.356 bits per heavy atom. The summed E-state index contributed by atoms with van der Waals surface area (Å²) in [6, 6.07) is 93.4. The predicted octanol–water partition coefficient (Wildman–Crippen LogP) is 18.8. The molecule has 90 heavy (non-hydrogen) atoms. The molecule has 1 aliphatic rings. The zero-order valence-corrected chi connectivity index (χ0v) is 55.6. The van der Waals surface area contributed by atoms with Crippen LogP contribution in [0.2, 0.25) is 0 Å². The first-order valence-corrected chi connectivity index (χ1v) is 31.3. The normalized spacial score (nSPS) is 13.5. The minimum atomic E-state index is -1.01. The molecule has 1 fully saturated rings. The molecule has 12 heteroatoms. The highest BCUT2D eigenvalue weighted by atomic mass is 79.9. The first-order chi connectivity index (χ1) is 42.6. The van der Waals surface area contributed by atoms with Gasteiger partial charge < -0.3 is 39.1 Å². The van der Waals surface area contributed by atoms with Gasteiger partial charge in [0.2, 0.25) is 0 Å². The van der Waals surface area contributed by atoms with Crippen LogP contribution < -0.4 is 15.3 Å². The fourth-order valence-corrected chi connectivity index (χ4v) is 9.43. The molecule has 10 aromatic carbocycles. The van der Waals surface area contributed by atoms with Gasteiger partial charge in [0.15, 0.2) is 0 Å². The molecule has 3 radical (unpaired) electrons. The van der Waals surface area contributed by atoms with Gasteiger partial charge in [-0.1, -0.05) is 203 Å². The van der Waals surface area contributed by atoms with E-state index in [9.17, 15) is 5.11 Å². The number of aliphatic hydroxyl groups is 3. The van der Waals surface area contributed by atoms with Crippen molar-refractivity contribution >= 4 is 77.7 Å². The average molecular weight is 1260 g/mol. The fourth-order valence-electron chi connectivity index (χ4n) is 9.17. The lowest BCUT2D eigenvalue weighted by molar-refractivity contribution is -0.107. The number of halogens is 1. The van der Waals surface area contributed by atoms with E-state index in [1.165, 1.54) is 44.5 Å². The maximum Gasteiger partial charge on any atom is 0.388 e. The summed E-state index contributed by atoms with van der Waals surface area (Å²) in [5, 5.41) is 28.6. The van der Waals surface area contributed by atoms with Crippen LogP contribution in [0.4, 0.5) is 34.1 Å². The Labute approximate surface area is 546 Å². The lowest BCUT2D eigenvalue weighted by atomic mass is 9.63. The van der Waals surface area contributed by atoms with Crippen LogP contribution in [0.5, 0.6) is 0 Å². The molecule has 0 bridgehead atoms. The Morgan fingerprint density at radius 2 is 0.578 bits per heavy atom. The lowest BCUT2D eigenvalue weighted by Crippen LogP contribution is -2.49. The summed E-state index contributed by atoms with van der Waals surface area (Å²) in [4.78, 5) is 4.55. The SMILES string of the molecule is Brc1ccc(N(c2ccc(-c3ccccc3)cc2)c2ccc(-c3ccccc3)cc2)cc1.CC(C)(O)C(C)(C)O.CC(C)(O)C(C)(C)O[B]c1ccc(N(c2ccc(-c3ccccc3)cc2)c2ccc(-c3ccccc3)cc2)cc1.[B]B1OC(C)(C)C(C)(C)O1. The second kappa shape index (κ2) is 29.5. The Morgan fingerprint density at radius 3 is 0.789 bits per heavy atom. The van der Waals surface area contributed by atoms with E-state index in [-0.39, 0.29) is 11.2 Å². The molecule has 1 saturated heterocycles. The predicted molar refractivity (Wildman–Crippen MR) is 383 cm³/mol. The molecule has 3 N–H and O–H groups in total. The van der Waals surface area contributed by atoms with Gasteiger partial charge in [-0.3, -0.25) is 0 Å². The minimum absolute atomic E-state index is 0.285. The van der Waals surface area contributed by atoms with E-state index in [4.69, 9.17) is 31.9 Å². The lowest BCUT2D eigenvalue weighted by Gasteiger charge is -2.37. The highest BCUT2D eigenvalue weighted by molar-refractivity contribution is 9.10. The van der Waals surface area contributed by atoms with Crippen molar-refractivity contribution in [2.24, 2.45) is 0 Å². The second-order valence-electron chi connectivity index (χ2n) is 25.4. The quantitative estimate of drug-likeness (QED) is 0.0874.